The van der Waals surface area contributed by atoms with Crippen LogP contribution in [0.25, 0.3) is 0 Å². The molecular formula is C13H7ClF3NO2. The predicted octanol–water partition coefficient (Wildman–Crippen LogP) is 3.86. The molecule has 0 spiro atoms. The van der Waals surface area contributed by atoms with E-state index in [0.29, 0.717) is 0 Å². The third-order valence-electron chi connectivity index (χ3n) is 2.30. The second-order valence-corrected chi connectivity index (χ2v) is 4.15. The van der Waals surface area contributed by atoms with Crippen LogP contribution in [0.15, 0.2) is 42.6 Å². The Bertz CT molecular complexity index is 644. The lowest BCUT2D eigenvalue weighted by molar-refractivity contribution is -0.274. The largest absolute Gasteiger partial charge is 0.573 e. The monoisotopic (exact) mass is 301 g/mol. The molecule has 2 rings (SSSR count). The van der Waals surface area contributed by atoms with Gasteiger partial charge >= 0.3 is 6.36 Å². The third kappa shape index (κ3) is 3.48. The molecule has 0 fully saturated rings. The summed E-state index contributed by atoms with van der Waals surface area (Å²) in [7, 11) is 0. The van der Waals surface area contributed by atoms with Gasteiger partial charge in [-0.15, -0.1) is 13.2 Å². The number of pyridine rings is 1. The minimum atomic E-state index is -4.82. The fourth-order valence-electron chi connectivity index (χ4n) is 1.52. The fourth-order valence-corrected chi connectivity index (χ4v) is 1.73. The summed E-state index contributed by atoms with van der Waals surface area (Å²) in [5.41, 5.74) is -0.0225. The molecule has 0 aliphatic rings. The van der Waals surface area contributed by atoms with Gasteiger partial charge in [-0.25, -0.2) is 0 Å². The second kappa shape index (κ2) is 5.50. The Kier molecular flexibility index (Phi) is 3.94. The molecule has 0 aliphatic heterocycles. The number of rotatable bonds is 3. The Morgan fingerprint density at radius 3 is 2.60 bits per heavy atom. The Morgan fingerprint density at radius 1 is 1.20 bits per heavy atom. The number of ether oxygens (including phenoxy) is 1. The van der Waals surface area contributed by atoms with Gasteiger partial charge in [-0.3, -0.25) is 9.78 Å². The lowest BCUT2D eigenvalue weighted by Gasteiger charge is -2.09. The smallest absolute Gasteiger partial charge is 0.406 e. The number of ketones is 1. The van der Waals surface area contributed by atoms with Crippen LogP contribution in [0.3, 0.4) is 0 Å². The van der Waals surface area contributed by atoms with Crippen molar-refractivity contribution in [3.8, 4) is 5.75 Å². The van der Waals surface area contributed by atoms with Crippen LogP contribution in [0.1, 0.15) is 16.1 Å². The number of carbonyl (C=O) groups is 1. The molecule has 0 unspecified atom stereocenters. The topological polar surface area (TPSA) is 39.2 Å². The first-order valence-electron chi connectivity index (χ1n) is 5.38. The van der Waals surface area contributed by atoms with Crippen LogP contribution in [0.5, 0.6) is 5.75 Å². The number of alkyl halides is 3. The average Bonchev–Trinajstić information content (AvgIpc) is 2.37. The Labute approximate surface area is 117 Å². The lowest BCUT2D eigenvalue weighted by Crippen LogP contribution is -2.17. The number of hydrogen-bond donors (Lipinski definition) is 0. The molecule has 0 atom stereocenters. The summed E-state index contributed by atoms with van der Waals surface area (Å²) in [5, 5.41) is 0.125. The van der Waals surface area contributed by atoms with E-state index in [1.54, 1.807) is 6.07 Å². The normalized spacial score (nSPS) is 11.2. The van der Waals surface area contributed by atoms with E-state index in [-0.39, 0.29) is 16.3 Å². The molecule has 2 aromatic rings. The first-order chi connectivity index (χ1) is 9.37. The van der Waals surface area contributed by atoms with Gasteiger partial charge in [0.1, 0.15) is 11.4 Å². The summed E-state index contributed by atoms with van der Waals surface area (Å²) in [6.07, 6.45) is -3.44. The SMILES string of the molecule is O=C(c1cccc(OC(F)(F)F)c1)c1ncccc1Cl. The van der Waals surface area contributed by atoms with Crippen molar-refractivity contribution in [2.45, 2.75) is 6.36 Å². The van der Waals surface area contributed by atoms with Gasteiger partial charge in [0, 0.05) is 11.8 Å². The summed E-state index contributed by atoms with van der Waals surface area (Å²) in [6.45, 7) is 0. The molecule has 7 heteroatoms. The van der Waals surface area contributed by atoms with Crippen LogP contribution in [0, 0.1) is 0 Å². The van der Waals surface area contributed by atoms with Crippen molar-refractivity contribution >= 4 is 17.4 Å². The number of aromatic nitrogens is 1. The summed E-state index contributed by atoms with van der Waals surface area (Å²) in [4.78, 5) is 15.9. The van der Waals surface area contributed by atoms with E-state index in [1.165, 1.54) is 24.4 Å². The van der Waals surface area contributed by atoms with Gasteiger partial charge in [-0.2, -0.15) is 0 Å². The molecule has 1 heterocycles. The lowest BCUT2D eigenvalue weighted by atomic mass is 10.1. The van der Waals surface area contributed by atoms with E-state index in [1.807, 2.05) is 0 Å². The average molecular weight is 302 g/mol. The first-order valence-corrected chi connectivity index (χ1v) is 5.75. The van der Waals surface area contributed by atoms with Crippen LogP contribution in [-0.2, 0) is 0 Å². The zero-order valence-electron chi connectivity index (χ0n) is 9.82. The van der Waals surface area contributed by atoms with Crippen LogP contribution < -0.4 is 4.74 Å². The number of carbonyl (C=O) groups excluding carboxylic acids is 1. The molecule has 0 N–H and O–H groups in total. The highest BCUT2D eigenvalue weighted by atomic mass is 35.5. The summed E-state index contributed by atoms with van der Waals surface area (Å²) in [5.74, 6) is -1.06. The highest BCUT2D eigenvalue weighted by molar-refractivity contribution is 6.34. The van der Waals surface area contributed by atoms with Gasteiger partial charge in [0.25, 0.3) is 0 Å². The number of nitrogens with zero attached hydrogens (tertiary/aromatic N) is 1. The molecule has 1 aromatic carbocycles. The standard InChI is InChI=1S/C13H7ClF3NO2/c14-10-5-2-6-18-11(10)12(19)8-3-1-4-9(7-8)20-13(15,16)17/h1-7H. The van der Waals surface area contributed by atoms with Crippen LogP contribution >= 0.6 is 11.6 Å². The minimum absolute atomic E-state index is 0.00681. The Hall–Kier alpha value is -2.08. The van der Waals surface area contributed by atoms with E-state index in [0.717, 1.165) is 12.1 Å². The maximum atomic E-state index is 12.1. The Morgan fingerprint density at radius 2 is 1.95 bits per heavy atom. The van der Waals surface area contributed by atoms with Crippen LogP contribution in [0.4, 0.5) is 13.2 Å². The molecule has 1 aromatic heterocycles. The van der Waals surface area contributed by atoms with E-state index in [4.69, 9.17) is 11.6 Å². The number of halogens is 4. The molecule has 104 valence electrons. The Balaban J connectivity index is 2.32. The predicted molar refractivity (Wildman–Crippen MR) is 65.8 cm³/mol. The van der Waals surface area contributed by atoms with Crippen molar-refractivity contribution in [1.82, 2.24) is 4.98 Å². The zero-order valence-corrected chi connectivity index (χ0v) is 10.6. The molecule has 3 nitrogen and oxygen atoms in total. The number of hydrogen-bond acceptors (Lipinski definition) is 3. The van der Waals surface area contributed by atoms with Crippen LogP contribution in [0.2, 0.25) is 5.02 Å². The summed E-state index contributed by atoms with van der Waals surface area (Å²) >= 11 is 5.82. The molecule has 20 heavy (non-hydrogen) atoms. The van der Waals surface area contributed by atoms with E-state index >= 15 is 0 Å². The van der Waals surface area contributed by atoms with Gasteiger partial charge in [0.2, 0.25) is 5.78 Å². The van der Waals surface area contributed by atoms with Gasteiger partial charge in [0.05, 0.1) is 5.02 Å². The zero-order chi connectivity index (χ0) is 14.8. The van der Waals surface area contributed by atoms with E-state index in [9.17, 15) is 18.0 Å². The van der Waals surface area contributed by atoms with Gasteiger partial charge in [-0.05, 0) is 24.3 Å². The first kappa shape index (κ1) is 14.3. The molecular weight excluding hydrogens is 295 g/mol. The molecule has 0 amide bonds. The van der Waals surface area contributed by atoms with Crippen molar-refractivity contribution in [1.29, 1.82) is 0 Å². The maximum absolute atomic E-state index is 12.1. The number of benzene rings is 1. The van der Waals surface area contributed by atoms with Crippen LogP contribution in [-0.4, -0.2) is 17.1 Å². The van der Waals surface area contributed by atoms with Crippen molar-refractivity contribution in [3.63, 3.8) is 0 Å². The van der Waals surface area contributed by atoms with Crippen molar-refractivity contribution in [3.05, 3.63) is 58.9 Å². The maximum Gasteiger partial charge on any atom is 0.573 e. The quantitative estimate of drug-likeness (QED) is 0.808. The van der Waals surface area contributed by atoms with E-state index < -0.39 is 17.9 Å². The summed E-state index contributed by atoms with van der Waals surface area (Å²) in [6, 6.07) is 7.74. The molecule has 0 aliphatic carbocycles. The van der Waals surface area contributed by atoms with Crippen molar-refractivity contribution in [2.75, 3.05) is 0 Å². The molecule has 0 saturated carbocycles. The van der Waals surface area contributed by atoms with Crippen molar-refractivity contribution in [2.24, 2.45) is 0 Å². The molecule has 0 saturated heterocycles. The minimum Gasteiger partial charge on any atom is -0.406 e. The highest BCUT2D eigenvalue weighted by Gasteiger charge is 2.31. The third-order valence-corrected chi connectivity index (χ3v) is 2.61. The van der Waals surface area contributed by atoms with Gasteiger partial charge in [0.15, 0.2) is 0 Å². The summed E-state index contributed by atoms with van der Waals surface area (Å²) < 4.78 is 40.1. The second-order valence-electron chi connectivity index (χ2n) is 3.74. The highest BCUT2D eigenvalue weighted by Crippen LogP contribution is 2.25. The van der Waals surface area contributed by atoms with Gasteiger partial charge in [-0.1, -0.05) is 23.7 Å². The molecule has 0 radical (unpaired) electrons. The van der Waals surface area contributed by atoms with E-state index in [2.05, 4.69) is 9.72 Å². The van der Waals surface area contributed by atoms with Gasteiger partial charge < -0.3 is 4.74 Å². The fraction of sp³-hybridized carbons (Fsp3) is 0.0769. The molecule has 0 bridgehead atoms. The van der Waals surface area contributed by atoms with Crippen molar-refractivity contribution < 1.29 is 22.7 Å².